The van der Waals surface area contributed by atoms with Crippen LogP contribution in [0.15, 0.2) is 24.3 Å². The summed E-state index contributed by atoms with van der Waals surface area (Å²) in [5.74, 6) is 1.12. The highest BCUT2D eigenvalue weighted by Crippen LogP contribution is 2.35. The van der Waals surface area contributed by atoms with Crippen molar-refractivity contribution >= 4 is 5.91 Å². The van der Waals surface area contributed by atoms with Crippen LogP contribution in [0.4, 0.5) is 0 Å². The Morgan fingerprint density at radius 2 is 2.25 bits per heavy atom. The summed E-state index contributed by atoms with van der Waals surface area (Å²) in [6.07, 6.45) is 3.01. The van der Waals surface area contributed by atoms with Gasteiger partial charge >= 0.3 is 0 Å². The van der Waals surface area contributed by atoms with Crippen LogP contribution in [0.2, 0.25) is 0 Å². The Hall–Kier alpha value is -1.55. The van der Waals surface area contributed by atoms with E-state index in [1.165, 1.54) is 0 Å². The Morgan fingerprint density at radius 3 is 3.10 bits per heavy atom. The third-order valence-electron chi connectivity index (χ3n) is 4.36. The van der Waals surface area contributed by atoms with Crippen molar-refractivity contribution in [1.82, 2.24) is 10.2 Å². The molecule has 2 aliphatic rings. The molecule has 0 spiro atoms. The standard InChI is InChI=1S/C16H22N2O2/c1-17-11-12-5-4-9-18(12)16(19)14-8-10-20-15-7-3-2-6-13(14)15/h2-3,6-7,12,14,17H,4-5,8-11H2,1H3. The van der Waals surface area contributed by atoms with Crippen molar-refractivity contribution in [3.63, 3.8) is 0 Å². The molecular weight excluding hydrogens is 252 g/mol. The van der Waals surface area contributed by atoms with E-state index < -0.39 is 0 Å². The molecule has 2 atom stereocenters. The first kappa shape index (κ1) is 13.4. The lowest BCUT2D eigenvalue weighted by molar-refractivity contribution is -0.134. The van der Waals surface area contributed by atoms with Crippen LogP contribution < -0.4 is 10.1 Å². The van der Waals surface area contributed by atoms with E-state index >= 15 is 0 Å². The second kappa shape index (κ2) is 5.83. The highest BCUT2D eigenvalue weighted by Gasteiger charge is 2.35. The van der Waals surface area contributed by atoms with E-state index in [9.17, 15) is 4.79 Å². The van der Waals surface area contributed by atoms with Crippen molar-refractivity contribution in [2.45, 2.75) is 31.2 Å². The van der Waals surface area contributed by atoms with Crippen molar-refractivity contribution < 1.29 is 9.53 Å². The predicted octanol–water partition coefficient (Wildman–Crippen LogP) is 1.76. The lowest BCUT2D eigenvalue weighted by atomic mass is 9.91. The number of carbonyl (C=O) groups is 1. The van der Waals surface area contributed by atoms with E-state index in [1.807, 2.05) is 31.3 Å². The predicted molar refractivity (Wildman–Crippen MR) is 78.0 cm³/mol. The molecule has 4 heteroatoms. The third-order valence-corrected chi connectivity index (χ3v) is 4.36. The Balaban J connectivity index is 1.81. The topological polar surface area (TPSA) is 41.6 Å². The van der Waals surface area contributed by atoms with Gasteiger partial charge < -0.3 is 15.0 Å². The summed E-state index contributed by atoms with van der Waals surface area (Å²) < 4.78 is 5.66. The summed E-state index contributed by atoms with van der Waals surface area (Å²) in [5, 5.41) is 3.20. The highest BCUT2D eigenvalue weighted by atomic mass is 16.5. The number of nitrogens with zero attached hydrogens (tertiary/aromatic N) is 1. The lowest BCUT2D eigenvalue weighted by Crippen LogP contribution is -2.43. The molecule has 3 rings (SSSR count). The molecule has 1 saturated heterocycles. The Morgan fingerprint density at radius 1 is 1.40 bits per heavy atom. The minimum Gasteiger partial charge on any atom is -0.493 e. The Kier molecular flexibility index (Phi) is 3.92. The number of likely N-dealkylation sites (tertiary alicyclic amines) is 1. The van der Waals surface area contributed by atoms with Gasteiger partial charge in [-0.3, -0.25) is 4.79 Å². The van der Waals surface area contributed by atoms with Gasteiger partial charge in [0.05, 0.1) is 12.5 Å². The van der Waals surface area contributed by atoms with Crippen LogP contribution in [0.25, 0.3) is 0 Å². The minimum atomic E-state index is -0.0302. The van der Waals surface area contributed by atoms with Gasteiger partial charge in [-0.15, -0.1) is 0 Å². The normalized spacial score (nSPS) is 25.1. The Labute approximate surface area is 120 Å². The van der Waals surface area contributed by atoms with Crippen molar-refractivity contribution in [3.05, 3.63) is 29.8 Å². The van der Waals surface area contributed by atoms with E-state index in [-0.39, 0.29) is 11.8 Å². The van der Waals surface area contributed by atoms with Gasteiger partial charge in [0.25, 0.3) is 0 Å². The van der Waals surface area contributed by atoms with Crippen LogP contribution in [0.5, 0.6) is 5.75 Å². The number of benzene rings is 1. The van der Waals surface area contributed by atoms with Crippen molar-refractivity contribution in [1.29, 1.82) is 0 Å². The van der Waals surface area contributed by atoms with Crippen LogP contribution in [0.1, 0.15) is 30.7 Å². The minimum absolute atomic E-state index is 0.0302. The molecule has 4 nitrogen and oxygen atoms in total. The number of likely N-dealkylation sites (N-methyl/N-ethyl adjacent to an activating group) is 1. The summed E-state index contributed by atoms with van der Waals surface area (Å²) in [6, 6.07) is 8.29. The summed E-state index contributed by atoms with van der Waals surface area (Å²) in [6.45, 7) is 2.42. The summed E-state index contributed by atoms with van der Waals surface area (Å²) in [4.78, 5) is 15.0. The molecule has 0 aromatic heterocycles. The molecule has 2 aliphatic heterocycles. The van der Waals surface area contributed by atoms with Gasteiger partial charge in [-0.1, -0.05) is 18.2 Å². The maximum absolute atomic E-state index is 12.9. The fraction of sp³-hybridized carbons (Fsp3) is 0.562. The van der Waals surface area contributed by atoms with Crippen LogP contribution in [-0.2, 0) is 4.79 Å². The number of rotatable bonds is 3. The van der Waals surface area contributed by atoms with Crippen molar-refractivity contribution in [2.24, 2.45) is 0 Å². The largest absolute Gasteiger partial charge is 0.493 e. The summed E-state index contributed by atoms with van der Waals surface area (Å²) >= 11 is 0. The molecule has 2 unspecified atom stereocenters. The molecule has 20 heavy (non-hydrogen) atoms. The monoisotopic (exact) mass is 274 g/mol. The quantitative estimate of drug-likeness (QED) is 0.913. The number of hydrogen-bond acceptors (Lipinski definition) is 3. The number of hydrogen-bond donors (Lipinski definition) is 1. The van der Waals surface area contributed by atoms with Gasteiger partial charge in [-0.05, 0) is 32.4 Å². The molecule has 0 aliphatic carbocycles. The number of fused-ring (bicyclic) bond motifs is 1. The fourth-order valence-electron chi connectivity index (χ4n) is 3.37. The number of amides is 1. The maximum atomic E-state index is 12.9. The van der Waals surface area contributed by atoms with E-state index in [2.05, 4.69) is 10.2 Å². The van der Waals surface area contributed by atoms with Gasteiger partial charge in [0.1, 0.15) is 5.75 Å². The SMILES string of the molecule is CNCC1CCCN1C(=O)C1CCOc2ccccc21. The van der Waals surface area contributed by atoms with Crippen LogP contribution in [0, 0.1) is 0 Å². The first-order valence-corrected chi connectivity index (χ1v) is 7.48. The second-order valence-electron chi connectivity index (χ2n) is 5.61. The zero-order valence-corrected chi connectivity index (χ0v) is 12.0. The van der Waals surface area contributed by atoms with Gasteiger partial charge in [-0.2, -0.15) is 0 Å². The van der Waals surface area contributed by atoms with E-state index in [0.29, 0.717) is 12.6 Å². The Bertz CT molecular complexity index is 489. The van der Waals surface area contributed by atoms with E-state index in [1.54, 1.807) is 0 Å². The molecule has 2 heterocycles. The molecule has 0 saturated carbocycles. The third kappa shape index (κ3) is 2.40. The lowest BCUT2D eigenvalue weighted by Gasteiger charge is -2.32. The van der Waals surface area contributed by atoms with Crippen molar-refractivity contribution in [3.8, 4) is 5.75 Å². The van der Waals surface area contributed by atoms with Crippen LogP contribution in [0.3, 0.4) is 0 Å². The zero-order valence-electron chi connectivity index (χ0n) is 12.0. The number of nitrogens with one attached hydrogen (secondary N) is 1. The average Bonchev–Trinajstić information content (AvgIpc) is 2.94. The van der Waals surface area contributed by atoms with E-state index in [0.717, 1.165) is 43.7 Å². The molecule has 1 fully saturated rings. The first-order chi connectivity index (χ1) is 9.81. The first-order valence-electron chi connectivity index (χ1n) is 7.48. The highest BCUT2D eigenvalue weighted by molar-refractivity contribution is 5.85. The van der Waals surface area contributed by atoms with Gasteiger partial charge in [-0.25, -0.2) is 0 Å². The molecular formula is C16H22N2O2. The molecule has 1 aromatic carbocycles. The summed E-state index contributed by atoms with van der Waals surface area (Å²) in [7, 11) is 1.95. The number of carbonyl (C=O) groups excluding carboxylic acids is 1. The zero-order chi connectivity index (χ0) is 13.9. The molecule has 108 valence electrons. The van der Waals surface area contributed by atoms with Crippen molar-refractivity contribution in [2.75, 3.05) is 26.7 Å². The van der Waals surface area contributed by atoms with E-state index in [4.69, 9.17) is 4.74 Å². The fourth-order valence-corrected chi connectivity index (χ4v) is 3.37. The van der Waals surface area contributed by atoms with Gasteiger partial charge in [0, 0.05) is 24.7 Å². The maximum Gasteiger partial charge on any atom is 0.230 e. The number of ether oxygens (including phenoxy) is 1. The summed E-state index contributed by atoms with van der Waals surface area (Å²) in [5.41, 5.74) is 1.05. The van der Waals surface area contributed by atoms with Gasteiger partial charge in [0.2, 0.25) is 5.91 Å². The van der Waals surface area contributed by atoms with Crippen LogP contribution >= 0.6 is 0 Å². The van der Waals surface area contributed by atoms with Crippen LogP contribution in [-0.4, -0.2) is 43.6 Å². The smallest absolute Gasteiger partial charge is 0.230 e. The number of para-hydroxylation sites is 1. The molecule has 1 amide bonds. The molecule has 1 aromatic rings. The second-order valence-corrected chi connectivity index (χ2v) is 5.61. The molecule has 1 N–H and O–H groups in total. The molecule has 0 radical (unpaired) electrons. The average molecular weight is 274 g/mol. The van der Waals surface area contributed by atoms with Gasteiger partial charge in [0.15, 0.2) is 0 Å². The molecule has 0 bridgehead atoms.